The molecule has 84 valence electrons. The van der Waals surface area contributed by atoms with E-state index in [0.29, 0.717) is 15.7 Å². The van der Waals surface area contributed by atoms with Crippen molar-refractivity contribution < 1.29 is 5.11 Å². The van der Waals surface area contributed by atoms with Gasteiger partial charge in [0.1, 0.15) is 0 Å². The van der Waals surface area contributed by atoms with E-state index < -0.39 is 6.10 Å². The van der Waals surface area contributed by atoms with Crippen molar-refractivity contribution in [2.75, 3.05) is 0 Å². The van der Waals surface area contributed by atoms with Gasteiger partial charge in [0.15, 0.2) is 0 Å². The molecule has 0 fully saturated rings. The Bertz CT molecular complexity index is 331. The van der Waals surface area contributed by atoms with E-state index in [2.05, 4.69) is 4.98 Å². The molecule has 0 spiro atoms. The van der Waals surface area contributed by atoms with E-state index in [1.54, 1.807) is 19.2 Å². The number of aromatic nitrogens is 1. The minimum absolute atomic E-state index is 0.0604. The van der Waals surface area contributed by atoms with Gasteiger partial charge in [-0.05, 0) is 18.9 Å². The number of rotatable bonds is 3. The SMILES string of the molecule is CC(C)C(c1ncc(Cl)cc1Cl)C(C)O. The quantitative estimate of drug-likeness (QED) is 0.887. The highest BCUT2D eigenvalue weighted by molar-refractivity contribution is 6.34. The number of pyridine rings is 1. The highest BCUT2D eigenvalue weighted by Crippen LogP contribution is 2.32. The van der Waals surface area contributed by atoms with Crippen LogP contribution in [0.15, 0.2) is 12.3 Å². The van der Waals surface area contributed by atoms with Crippen molar-refractivity contribution in [3.05, 3.63) is 28.0 Å². The molecule has 0 amide bonds. The second kappa shape index (κ2) is 5.15. The zero-order chi connectivity index (χ0) is 11.6. The summed E-state index contributed by atoms with van der Waals surface area (Å²) in [6.45, 7) is 5.81. The van der Waals surface area contributed by atoms with Crippen molar-refractivity contribution in [1.82, 2.24) is 4.98 Å². The van der Waals surface area contributed by atoms with E-state index in [1.807, 2.05) is 13.8 Å². The van der Waals surface area contributed by atoms with E-state index in [0.717, 1.165) is 0 Å². The first-order valence-electron chi connectivity index (χ1n) is 4.92. The molecule has 4 heteroatoms. The standard InChI is InChI=1S/C11H15Cl2NO/c1-6(2)10(7(3)15)11-9(13)4-8(12)5-14-11/h4-7,10,15H,1-3H3. The molecule has 1 rings (SSSR count). The molecule has 15 heavy (non-hydrogen) atoms. The van der Waals surface area contributed by atoms with Crippen LogP contribution in [0.3, 0.4) is 0 Å². The first kappa shape index (κ1) is 12.8. The summed E-state index contributed by atoms with van der Waals surface area (Å²) in [7, 11) is 0. The van der Waals surface area contributed by atoms with Crippen LogP contribution >= 0.6 is 23.2 Å². The molecule has 1 heterocycles. The Kier molecular flexibility index (Phi) is 4.38. The summed E-state index contributed by atoms with van der Waals surface area (Å²) in [5.41, 5.74) is 0.714. The third-order valence-electron chi connectivity index (χ3n) is 2.39. The van der Waals surface area contributed by atoms with E-state index in [9.17, 15) is 5.11 Å². The summed E-state index contributed by atoms with van der Waals surface area (Å²) in [6.07, 6.45) is 1.08. The van der Waals surface area contributed by atoms with Gasteiger partial charge >= 0.3 is 0 Å². The Morgan fingerprint density at radius 2 is 1.87 bits per heavy atom. The minimum atomic E-state index is -0.476. The average Bonchev–Trinajstić information content (AvgIpc) is 2.08. The molecule has 0 aliphatic carbocycles. The highest BCUT2D eigenvalue weighted by Gasteiger charge is 2.24. The van der Waals surface area contributed by atoms with Crippen LogP contribution < -0.4 is 0 Å². The van der Waals surface area contributed by atoms with Crippen LogP contribution in [0, 0.1) is 5.92 Å². The molecule has 2 nitrogen and oxygen atoms in total. The fourth-order valence-electron chi connectivity index (χ4n) is 1.77. The number of nitrogens with zero attached hydrogens (tertiary/aromatic N) is 1. The Labute approximate surface area is 100 Å². The summed E-state index contributed by atoms with van der Waals surface area (Å²) >= 11 is 11.8. The molecule has 0 radical (unpaired) electrons. The number of hydrogen-bond donors (Lipinski definition) is 1. The van der Waals surface area contributed by atoms with Gasteiger partial charge in [0.25, 0.3) is 0 Å². The van der Waals surface area contributed by atoms with Crippen molar-refractivity contribution in [3.63, 3.8) is 0 Å². The molecule has 1 N–H and O–H groups in total. The van der Waals surface area contributed by atoms with Crippen molar-refractivity contribution in [2.45, 2.75) is 32.8 Å². The predicted octanol–water partition coefficient (Wildman–Crippen LogP) is 3.51. The molecule has 2 atom stereocenters. The molecule has 0 aromatic carbocycles. The zero-order valence-electron chi connectivity index (χ0n) is 9.04. The van der Waals surface area contributed by atoms with Gasteiger partial charge in [-0.2, -0.15) is 0 Å². The molecule has 0 saturated heterocycles. The summed E-state index contributed by atoms with van der Waals surface area (Å²) in [6, 6.07) is 1.66. The molecule has 0 aliphatic heterocycles. The average molecular weight is 248 g/mol. The van der Waals surface area contributed by atoms with Crippen molar-refractivity contribution in [1.29, 1.82) is 0 Å². The summed E-state index contributed by atoms with van der Waals surface area (Å²) in [5.74, 6) is 0.214. The normalized spacial score (nSPS) is 15.4. The maximum Gasteiger partial charge on any atom is 0.0649 e. The van der Waals surface area contributed by atoms with E-state index in [4.69, 9.17) is 23.2 Å². The lowest BCUT2D eigenvalue weighted by molar-refractivity contribution is 0.138. The Balaban J connectivity index is 3.12. The third-order valence-corrected chi connectivity index (χ3v) is 2.90. The molecule has 1 aromatic heterocycles. The van der Waals surface area contributed by atoms with Crippen LogP contribution in [-0.4, -0.2) is 16.2 Å². The van der Waals surface area contributed by atoms with Crippen molar-refractivity contribution in [3.8, 4) is 0 Å². The molecule has 1 aromatic rings. The molecule has 0 bridgehead atoms. The predicted molar refractivity (Wildman–Crippen MR) is 63.5 cm³/mol. The van der Waals surface area contributed by atoms with Crippen LogP contribution in [0.2, 0.25) is 10.0 Å². The molecular formula is C11H15Cl2NO. The molecular weight excluding hydrogens is 233 g/mol. The topological polar surface area (TPSA) is 33.1 Å². The van der Waals surface area contributed by atoms with Gasteiger partial charge < -0.3 is 5.11 Å². The molecule has 0 saturated carbocycles. The maximum absolute atomic E-state index is 9.70. The smallest absolute Gasteiger partial charge is 0.0649 e. The Morgan fingerprint density at radius 1 is 1.27 bits per heavy atom. The van der Waals surface area contributed by atoms with Gasteiger partial charge in [-0.3, -0.25) is 4.98 Å². The van der Waals surface area contributed by atoms with Gasteiger partial charge in [0, 0.05) is 12.1 Å². The van der Waals surface area contributed by atoms with Crippen LogP contribution in [0.1, 0.15) is 32.4 Å². The molecule has 0 aliphatic rings. The number of hydrogen-bond acceptors (Lipinski definition) is 2. The van der Waals surface area contributed by atoms with E-state index >= 15 is 0 Å². The second-order valence-corrected chi connectivity index (χ2v) is 4.87. The van der Waals surface area contributed by atoms with Crippen molar-refractivity contribution >= 4 is 23.2 Å². The minimum Gasteiger partial charge on any atom is -0.393 e. The second-order valence-electron chi connectivity index (χ2n) is 4.03. The maximum atomic E-state index is 9.70. The first-order valence-corrected chi connectivity index (χ1v) is 5.68. The van der Waals surface area contributed by atoms with Crippen molar-refractivity contribution in [2.24, 2.45) is 5.92 Å². The van der Waals surface area contributed by atoms with Crippen LogP contribution in [0.4, 0.5) is 0 Å². The van der Waals surface area contributed by atoms with Gasteiger partial charge in [-0.1, -0.05) is 37.0 Å². The number of halogens is 2. The Morgan fingerprint density at radius 3 is 2.27 bits per heavy atom. The third kappa shape index (κ3) is 3.07. The zero-order valence-corrected chi connectivity index (χ0v) is 10.5. The van der Waals surface area contributed by atoms with Gasteiger partial charge in [-0.15, -0.1) is 0 Å². The first-order chi connectivity index (χ1) is 6.93. The van der Waals surface area contributed by atoms with E-state index in [1.165, 1.54) is 0 Å². The highest BCUT2D eigenvalue weighted by atomic mass is 35.5. The molecule has 2 unspecified atom stereocenters. The number of aliphatic hydroxyl groups excluding tert-OH is 1. The summed E-state index contributed by atoms with van der Waals surface area (Å²) in [4.78, 5) is 4.20. The fraction of sp³-hybridized carbons (Fsp3) is 0.545. The Hall–Kier alpha value is -0.310. The number of aliphatic hydroxyl groups is 1. The van der Waals surface area contributed by atoms with Crippen LogP contribution in [-0.2, 0) is 0 Å². The lowest BCUT2D eigenvalue weighted by Crippen LogP contribution is -2.21. The van der Waals surface area contributed by atoms with Gasteiger partial charge in [-0.25, -0.2) is 0 Å². The van der Waals surface area contributed by atoms with E-state index in [-0.39, 0.29) is 11.8 Å². The van der Waals surface area contributed by atoms with Crippen LogP contribution in [0.25, 0.3) is 0 Å². The summed E-state index contributed by atoms with van der Waals surface area (Å²) < 4.78 is 0. The monoisotopic (exact) mass is 247 g/mol. The summed E-state index contributed by atoms with van der Waals surface area (Å²) in [5, 5.41) is 10.7. The van der Waals surface area contributed by atoms with Crippen LogP contribution in [0.5, 0.6) is 0 Å². The fourth-order valence-corrected chi connectivity index (χ4v) is 2.28. The lowest BCUT2D eigenvalue weighted by Gasteiger charge is -2.24. The van der Waals surface area contributed by atoms with Gasteiger partial charge in [0.05, 0.1) is 21.8 Å². The van der Waals surface area contributed by atoms with Gasteiger partial charge in [0.2, 0.25) is 0 Å². The lowest BCUT2D eigenvalue weighted by atomic mass is 9.87. The largest absolute Gasteiger partial charge is 0.393 e.